The molecule has 0 aliphatic carbocycles. The van der Waals surface area contributed by atoms with E-state index in [0.717, 1.165) is 57.1 Å². The Bertz CT molecular complexity index is 1950. The van der Waals surface area contributed by atoms with Gasteiger partial charge in [-0.3, -0.25) is 4.79 Å². The Morgan fingerprint density at radius 2 is 1.09 bits per heavy atom. The van der Waals surface area contributed by atoms with Crippen LogP contribution in [-0.4, -0.2) is 46.3 Å². The fraction of sp³-hybridized carbons (Fsp3) is 0.176. The van der Waals surface area contributed by atoms with Crippen LogP contribution in [0, 0.1) is 0 Å². The van der Waals surface area contributed by atoms with Crippen LogP contribution in [0.5, 0.6) is 0 Å². The number of aliphatic hydroxyl groups is 2. The minimum absolute atomic E-state index is 0.262. The number of benzene rings is 4. The Kier molecular flexibility index (Phi) is 6.34. The summed E-state index contributed by atoms with van der Waals surface area (Å²) in [6.45, 7) is 1.49. The summed E-state index contributed by atoms with van der Waals surface area (Å²) in [5.74, 6) is -1.38. The number of aryl methyl sites for hydroxylation is 2. The van der Waals surface area contributed by atoms with Crippen LogP contribution in [0.1, 0.15) is 56.1 Å². The lowest BCUT2D eigenvalue weighted by Crippen LogP contribution is -2.23. The van der Waals surface area contributed by atoms with Crippen molar-refractivity contribution in [3.8, 4) is 0 Å². The number of hydrogen-bond donors (Lipinski definition) is 4. The molecule has 4 aromatic carbocycles. The monoisotopic (exact) mass is 587 g/mol. The fourth-order valence-electron chi connectivity index (χ4n) is 6.38. The predicted molar refractivity (Wildman–Crippen MR) is 163 cm³/mol. The third-order valence-corrected chi connectivity index (χ3v) is 8.87. The van der Waals surface area contributed by atoms with Crippen molar-refractivity contribution in [3.05, 3.63) is 131 Å². The van der Waals surface area contributed by atoms with E-state index in [4.69, 9.17) is 10.8 Å². The molecule has 6 aromatic rings. The largest absolute Gasteiger partial charge is 0.478 e. The molecule has 0 bridgehead atoms. The number of nitrogens with zero attached hydrogens (tertiary/aromatic N) is 4. The summed E-state index contributed by atoms with van der Waals surface area (Å²) in [6.07, 6.45) is 8.14. The van der Waals surface area contributed by atoms with Gasteiger partial charge in [0.2, 0.25) is 5.91 Å². The Morgan fingerprint density at radius 3 is 1.57 bits per heavy atom. The summed E-state index contributed by atoms with van der Waals surface area (Å²) in [7, 11) is 0. The molecule has 0 radical (unpaired) electrons. The van der Waals surface area contributed by atoms with Gasteiger partial charge in [0.25, 0.3) is 0 Å². The number of nitrogens with two attached hydrogens (primary N) is 1. The molecule has 8 rings (SSSR count). The second kappa shape index (κ2) is 10.1. The molecule has 2 aliphatic rings. The van der Waals surface area contributed by atoms with Gasteiger partial charge >= 0.3 is 5.97 Å². The summed E-state index contributed by atoms with van der Waals surface area (Å²) in [6, 6.07) is 21.7. The van der Waals surface area contributed by atoms with Gasteiger partial charge in [-0.15, -0.1) is 0 Å². The average Bonchev–Trinajstić information content (AvgIpc) is 3.82. The maximum Gasteiger partial charge on any atom is 0.335 e. The van der Waals surface area contributed by atoms with E-state index in [1.54, 1.807) is 55.4 Å². The molecule has 2 aliphatic heterocycles. The Balaban J connectivity index is 0.000000142. The zero-order valence-electron chi connectivity index (χ0n) is 23.6. The molecule has 0 saturated carbocycles. The number of imidazole rings is 2. The smallest absolute Gasteiger partial charge is 0.335 e. The third-order valence-electron chi connectivity index (χ3n) is 8.87. The first-order valence-electron chi connectivity index (χ1n) is 14.2. The zero-order valence-corrected chi connectivity index (χ0v) is 23.6. The quantitative estimate of drug-likeness (QED) is 0.241. The lowest BCUT2D eigenvalue weighted by molar-refractivity contribution is 0.0696. The molecular weight excluding hydrogens is 558 g/mol. The van der Waals surface area contributed by atoms with E-state index in [0.29, 0.717) is 18.4 Å². The predicted octanol–water partition coefficient (Wildman–Crippen LogP) is 4.15. The number of hydrogen-bond acceptors (Lipinski definition) is 6. The van der Waals surface area contributed by atoms with Crippen molar-refractivity contribution < 1.29 is 24.9 Å². The van der Waals surface area contributed by atoms with Gasteiger partial charge in [-0.1, -0.05) is 36.4 Å². The molecular formula is C34H29N5O5. The molecule has 10 heteroatoms. The van der Waals surface area contributed by atoms with Crippen molar-refractivity contribution in [2.24, 2.45) is 5.73 Å². The highest BCUT2D eigenvalue weighted by Gasteiger charge is 2.40. The van der Waals surface area contributed by atoms with Crippen LogP contribution >= 0.6 is 0 Å². The van der Waals surface area contributed by atoms with Crippen molar-refractivity contribution in [2.75, 3.05) is 0 Å². The molecule has 0 spiro atoms. The minimum atomic E-state index is -1.03. The molecule has 10 nitrogen and oxygen atoms in total. The van der Waals surface area contributed by atoms with Crippen molar-refractivity contribution in [1.82, 2.24) is 19.1 Å². The van der Waals surface area contributed by atoms with E-state index in [9.17, 15) is 19.8 Å². The molecule has 2 unspecified atom stereocenters. The van der Waals surface area contributed by atoms with Crippen molar-refractivity contribution in [2.45, 2.75) is 37.1 Å². The minimum Gasteiger partial charge on any atom is -0.478 e. The highest BCUT2D eigenvalue weighted by Crippen LogP contribution is 2.40. The van der Waals surface area contributed by atoms with Gasteiger partial charge in [-0.2, -0.15) is 0 Å². The van der Waals surface area contributed by atoms with Crippen LogP contribution < -0.4 is 5.73 Å². The van der Waals surface area contributed by atoms with E-state index < -0.39 is 23.1 Å². The topological polar surface area (TPSA) is 156 Å². The van der Waals surface area contributed by atoms with Crippen LogP contribution in [0.3, 0.4) is 0 Å². The molecule has 1 amide bonds. The van der Waals surface area contributed by atoms with Crippen molar-refractivity contribution in [3.63, 3.8) is 0 Å². The highest BCUT2D eigenvalue weighted by molar-refractivity contribution is 5.98. The van der Waals surface area contributed by atoms with Gasteiger partial charge in [0.05, 0.1) is 42.0 Å². The molecule has 4 heterocycles. The lowest BCUT2D eigenvalue weighted by Gasteiger charge is -2.23. The summed E-state index contributed by atoms with van der Waals surface area (Å²) in [4.78, 5) is 30.5. The number of rotatable bonds is 4. The first kappa shape index (κ1) is 27.5. The molecule has 2 atom stereocenters. The number of carbonyl (C=O) groups is 2. The van der Waals surface area contributed by atoms with Gasteiger partial charge in [0, 0.05) is 31.5 Å². The van der Waals surface area contributed by atoms with E-state index >= 15 is 0 Å². The van der Waals surface area contributed by atoms with E-state index in [1.807, 2.05) is 51.6 Å². The van der Waals surface area contributed by atoms with Gasteiger partial charge < -0.3 is 30.2 Å². The van der Waals surface area contributed by atoms with Gasteiger partial charge in [0.15, 0.2) is 0 Å². The maximum absolute atomic E-state index is 11.3. The molecule has 2 aromatic heterocycles. The fourth-order valence-corrected chi connectivity index (χ4v) is 6.38. The van der Waals surface area contributed by atoms with Crippen molar-refractivity contribution in [1.29, 1.82) is 0 Å². The van der Waals surface area contributed by atoms with Gasteiger partial charge in [0.1, 0.15) is 11.2 Å². The molecule has 220 valence electrons. The summed E-state index contributed by atoms with van der Waals surface area (Å²) >= 11 is 0. The number of carboxylic acid groups (broad SMARTS) is 1. The van der Waals surface area contributed by atoms with Crippen LogP contribution in [0.2, 0.25) is 0 Å². The van der Waals surface area contributed by atoms with E-state index in [2.05, 4.69) is 9.97 Å². The number of fused-ring (bicyclic) bond motifs is 4. The maximum atomic E-state index is 11.3. The van der Waals surface area contributed by atoms with Crippen molar-refractivity contribution >= 4 is 33.4 Å². The molecule has 0 saturated heterocycles. The second-order valence-corrected chi connectivity index (χ2v) is 11.4. The number of carbonyl (C=O) groups excluding carboxylic acids is 1. The van der Waals surface area contributed by atoms with Gasteiger partial charge in [-0.25, -0.2) is 14.8 Å². The van der Waals surface area contributed by atoms with E-state index in [-0.39, 0.29) is 5.56 Å². The number of aromatic nitrogens is 4. The SMILES string of the molecule is NC(=O)c1ccc2cc(C3(O)CCn4cncc43)ccc2c1.O=C(O)c1ccc2cc(C3(O)CCn4cncc43)ccc2c1. The Labute approximate surface area is 251 Å². The molecule has 0 fully saturated rings. The summed E-state index contributed by atoms with van der Waals surface area (Å²) < 4.78 is 3.93. The molecule has 44 heavy (non-hydrogen) atoms. The summed E-state index contributed by atoms with van der Waals surface area (Å²) in [5.41, 5.74) is 7.28. The Hall–Kier alpha value is -5.32. The number of carboxylic acids is 1. The zero-order chi connectivity index (χ0) is 30.6. The van der Waals surface area contributed by atoms with E-state index in [1.165, 1.54) is 0 Å². The first-order chi connectivity index (χ1) is 21.2. The number of amides is 1. The van der Waals surface area contributed by atoms with Crippen LogP contribution in [0.25, 0.3) is 21.5 Å². The number of aromatic carboxylic acids is 1. The normalized spacial score (nSPS) is 20.2. The highest BCUT2D eigenvalue weighted by atomic mass is 16.4. The van der Waals surface area contributed by atoms with Crippen LogP contribution in [0.15, 0.2) is 97.8 Å². The Morgan fingerprint density at radius 1 is 0.659 bits per heavy atom. The molecule has 5 N–H and O–H groups in total. The summed E-state index contributed by atoms with van der Waals surface area (Å²) in [5, 5.41) is 34.8. The first-order valence-corrected chi connectivity index (χ1v) is 14.2. The lowest BCUT2D eigenvalue weighted by atomic mass is 9.88. The van der Waals surface area contributed by atoms with Gasteiger partial charge in [-0.05, 0) is 69.1 Å². The average molecular weight is 588 g/mol. The van der Waals surface area contributed by atoms with Crippen LogP contribution in [-0.2, 0) is 24.3 Å². The second-order valence-electron chi connectivity index (χ2n) is 11.4. The standard InChI is InChI=1S/C17H15N3O2.C17H14N2O3/c18-16(21)13-2-1-12-8-14(4-3-11(12)7-13)17(22)5-6-20-10-19-9-15(17)20;20-16(21)13-2-1-12-8-14(4-3-11(12)7-13)17(22)5-6-19-10-18-9-15(17)19/h1-4,7-10,22H,5-6H2,(H2,18,21);1-4,7-10,22H,5-6H2,(H,20,21). The van der Waals surface area contributed by atoms with Crippen LogP contribution in [0.4, 0.5) is 0 Å². The number of primary amides is 1. The third kappa shape index (κ3) is 4.43.